The second-order valence-corrected chi connectivity index (χ2v) is 5.86. The Morgan fingerprint density at radius 2 is 2.27 bits per heavy atom. The van der Waals surface area contributed by atoms with Crippen LogP contribution in [0, 0.1) is 4.77 Å². The molecule has 2 N–H and O–H groups in total. The number of aromatic nitrogens is 2. The van der Waals surface area contributed by atoms with Crippen molar-refractivity contribution in [3.63, 3.8) is 0 Å². The average Bonchev–Trinajstić information content (AvgIpc) is 2.48. The van der Waals surface area contributed by atoms with Gasteiger partial charge in [0.15, 0.2) is 4.77 Å². The van der Waals surface area contributed by atoms with Gasteiger partial charge in [-0.25, -0.2) is 0 Å². The van der Waals surface area contributed by atoms with Gasteiger partial charge in [-0.3, -0.25) is 19.2 Å². The number of H-pyrrole nitrogens is 1. The van der Waals surface area contributed by atoms with E-state index in [0.29, 0.717) is 35.1 Å². The van der Waals surface area contributed by atoms with Crippen LogP contribution >= 0.6 is 23.8 Å². The molecule has 1 aliphatic rings. The lowest BCUT2D eigenvalue weighted by atomic mass is 10.2. The molecule has 2 heterocycles. The van der Waals surface area contributed by atoms with E-state index in [9.17, 15) is 4.79 Å². The molecule has 7 heteroatoms. The lowest BCUT2D eigenvalue weighted by molar-refractivity contribution is 0.302. The summed E-state index contributed by atoms with van der Waals surface area (Å²) in [6.45, 7) is 5.60. The minimum atomic E-state index is -0.167. The molecule has 0 saturated carbocycles. The minimum absolute atomic E-state index is 0.167. The van der Waals surface area contributed by atoms with E-state index in [1.807, 2.05) is 28.8 Å². The van der Waals surface area contributed by atoms with Crippen molar-refractivity contribution in [2.75, 3.05) is 18.5 Å². The normalized spacial score (nSPS) is 14.2. The molecule has 1 aliphatic heterocycles. The van der Waals surface area contributed by atoms with Crippen LogP contribution in [-0.4, -0.2) is 27.7 Å². The fourth-order valence-corrected chi connectivity index (χ4v) is 3.02. The first kappa shape index (κ1) is 15.0. The molecule has 3 rings (SSSR count). The van der Waals surface area contributed by atoms with Crippen molar-refractivity contribution in [2.24, 2.45) is 0 Å². The molecule has 0 spiro atoms. The number of nitrogens with zero attached hydrogens (tertiary/aromatic N) is 2. The summed E-state index contributed by atoms with van der Waals surface area (Å²) in [6.07, 6.45) is 1.81. The SMILES string of the molecule is C=CCN1CNc2c(c(=O)[nH]c(=S)n2-c2cccc(Cl)c2)C1. The molecular weight excluding hydrogens is 320 g/mol. The zero-order valence-corrected chi connectivity index (χ0v) is 13.4. The zero-order chi connectivity index (χ0) is 15.7. The van der Waals surface area contributed by atoms with Crippen molar-refractivity contribution >= 4 is 29.6 Å². The highest BCUT2D eigenvalue weighted by molar-refractivity contribution is 7.71. The highest BCUT2D eigenvalue weighted by atomic mass is 35.5. The van der Waals surface area contributed by atoms with Crippen LogP contribution < -0.4 is 10.9 Å². The van der Waals surface area contributed by atoms with Crippen LogP contribution in [0.4, 0.5) is 5.82 Å². The topological polar surface area (TPSA) is 53.1 Å². The highest BCUT2D eigenvalue weighted by Crippen LogP contribution is 2.24. The van der Waals surface area contributed by atoms with Gasteiger partial charge in [0.25, 0.3) is 5.56 Å². The predicted octanol–water partition coefficient (Wildman–Crippen LogP) is 2.92. The standard InChI is InChI=1S/C15H15ClN4OS/c1-2-6-19-8-12-13(17-9-19)20(15(22)18-14(12)21)11-5-3-4-10(16)7-11/h2-5,7,17H,1,6,8-9H2,(H,18,21,22). The number of aromatic amines is 1. The third-order valence-corrected chi connectivity index (χ3v) is 4.03. The van der Waals surface area contributed by atoms with Gasteiger partial charge in [0, 0.05) is 18.1 Å². The molecule has 114 valence electrons. The summed E-state index contributed by atoms with van der Waals surface area (Å²) in [4.78, 5) is 17.0. The van der Waals surface area contributed by atoms with E-state index in [0.717, 1.165) is 11.5 Å². The van der Waals surface area contributed by atoms with Crippen molar-refractivity contribution in [3.05, 3.63) is 62.6 Å². The average molecular weight is 335 g/mol. The Kier molecular flexibility index (Phi) is 4.15. The zero-order valence-electron chi connectivity index (χ0n) is 11.8. The molecule has 2 aromatic rings. The van der Waals surface area contributed by atoms with E-state index < -0.39 is 0 Å². The Morgan fingerprint density at radius 1 is 1.45 bits per heavy atom. The molecule has 0 bridgehead atoms. The van der Waals surface area contributed by atoms with Crippen LogP contribution in [0.5, 0.6) is 0 Å². The van der Waals surface area contributed by atoms with Crippen molar-refractivity contribution in [2.45, 2.75) is 6.54 Å². The molecule has 0 unspecified atom stereocenters. The number of hydrogen-bond donors (Lipinski definition) is 2. The van der Waals surface area contributed by atoms with Gasteiger partial charge in [0.2, 0.25) is 0 Å². The second-order valence-electron chi connectivity index (χ2n) is 5.04. The smallest absolute Gasteiger partial charge is 0.258 e. The molecule has 0 amide bonds. The molecule has 0 fully saturated rings. The van der Waals surface area contributed by atoms with Crippen molar-refractivity contribution in [1.82, 2.24) is 14.5 Å². The van der Waals surface area contributed by atoms with Gasteiger partial charge in [-0.15, -0.1) is 6.58 Å². The molecule has 22 heavy (non-hydrogen) atoms. The summed E-state index contributed by atoms with van der Waals surface area (Å²) in [5, 5.41) is 3.89. The highest BCUT2D eigenvalue weighted by Gasteiger charge is 2.21. The van der Waals surface area contributed by atoms with Crippen LogP contribution in [0.2, 0.25) is 5.02 Å². The maximum absolute atomic E-state index is 12.2. The minimum Gasteiger partial charge on any atom is -0.358 e. The first-order valence-corrected chi connectivity index (χ1v) is 7.60. The maximum atomic E-state index is 12.2. The quantitative estimate of drug-likeness (QED) is 0.669. The van der Waals surface area contributed by atoms with E-state index in [1.165, 1.54) is 0 Å². The van der Waals surface area contributed by atoms with E-state index >= 15 is 0 Å². The Morgan fingerprint density at radius 3 is 3.00 bits per heavy atom. The second kappa shape index (κ2) is 6.08. The number of benzene rings is 1. The Bertz CT molecular complexity index is 842. The number of nitrogens with one attached hydrogen (secondary N) is 2. The van der Waals surface area contributed by atoms with Crippen LogP contribution in [0.25, 0.3) is 5.69 Å². The Labute approximate surface area is 137 Å². The van der Waals surface area contributed by atoms with Crippen LogP contribution in [-0.2, 0) is 6.54 Å². The monoisotopic (exact) mass is 334 g/mol. The molecule has 5 nitrogen and oxygen atoms in total. The number of fused-ring (bicyclic) bond motifs is 1. The molecule has 0 atom stereocenters. The Hall–Kier alpha value is -1.89. The van der Waals surface area contributed by atoms with Crippen LogP contribution in [0.3, 0.4) is 0 Å². The van der Waals surface area contributed by atoms with Gasteiger partial charge in [-0.1, -0.05) is 23.7 Å². The molecule has 0 saturated heterocycles. The lowest BCUT2D eigenvalue weighted by Crippen LogP contribution is -2.39. The van der Waals surface area contributed by atoms with Crippen LogP contribution in [0.15, 0.2) is 41.7 Å². The van der Waals surface area contributed by atoms with E-state index in [4.69, 9.17) is 23.8 Å². The van der Waals surface area contributed by atoms with Crippen molar-refractivity contribution in [1.29, 1.82) is 0 Å². The van der Waals surface area contributed by atoms with Gasteiger partial charge >= 0.3 is 0 Å². The number of rotatable bonds is 3. The van der Waals surface area contributed by atoms with Gasteiger partial charge < -0.3 is 5.32 Å². The van der Waals surface area contributed by atoms with Gasteiger partial charge in [-0.2, -0.15) is 0 Å². The Balaban J connectivity index is 2.17. The largest absolute Gasteiger partial charge is 0.358 e. The predicted molar refractivity (Wildman–Crippen MR) is 91.3 cm³/mol. The van der Waals surface area contributed by atoms with Crippen LogP contribution in [0.1, 0.15) is 5.56 Å². The summed E-state index contributed by atoms with van der Waals surface area (Å²) >= 11 is 11.4. The van der Waals surface area contributed by atoms with Crippen molar-refractivity contribution in [3.8, 4) is 5.69 Å². The third kappa shape index (κ3) is 2.72. The summed E-state index contributed by atoms with van der Waals surface area (Å²) in [5.41, 5.74) is 1.30. The number of hydrogen-bond acceptors (Lipinski definition) is 4. The number of halogens is 1. The number of anilines is 1. The van der Waals surface area contributed by atoms with Gasteiger partial charge in [0.1, 0.15) is 5.82 Å². The molecule has 1 aromatic carbocycles. The van der Waals surface area contributed by atoms with Gasteiger partial charge in [-0.05, 0) is 30.4 Å². The summed E-state index contributed by atoms with van der Waals surface area (Å²) in [5.74, 6) is 0.719. The van der Waals surface area contributed by atoms with Gasteiger partial charge in [0.05, 0.1) is 17.9 Å². The fraction of sp³-hybridized carbons (Fsp3) is 0.200. The summed E-state index contributed by atoms with van der Waals surface area (Å²) in [7, 11) is 0. The summed E-state index contributed by atoms with van der Waals surface area (Å²) in [6, 6.07) is 7.36. The molecule has 1 aromatic heterocycles. The van der Waals surface area contributed by atoms with E-state index in [-0.39, 0.29) is 5.56 Å². The van der Waals surface area contributed by atoms with Crippen molar-refractivity contribution < 1.29 is 0 Å². The summed E-state index contributed by atoms with van der Waals surface area (Å²) < 4.78 is 2.15. The lowest BCUT2D eigenvalue weighted by Gasteiger charge is -2.30. The molecular formula is C15H15ClN4OS. The fourth-order valence-electron chi connectivity index (χ4n) is 2.54. The third-order valence-electron chi connectivity index (χ3n) is 3.51. The maximum Gasteiger partial charge on any atom is 0.258 e. The first-order chi connectivity index (χ1) is 10.6. The first-order valence-electron chi connectivity index (χ1n) is 6.81. The van der Waals surface area contributed by atoms with E-state index in [2.05, 4.69) is 21.8 Å². The van der Waals surface area contributed by atoms with E-state index in [1.54, 1.807) is 6.07 Å². The molecule has 0 radical (unpaired) electrons. The molecule has 0 aliphatic carbocycles.